The predicted octanol–water partition coefficient (Wildman–Crippen LogP) is 2.39. The number of ether oxygens (including phenoxy) is 1. The molecule has 1 heterocycles. The summed E-state index contributed by atoms with van der Waals surface area (Å²) in [6.45, 7) is 1.56. The first kappa shape index (κ1) is 15.4. The number of rotatable bonds is 6. The zero-order valence-corrected chi connectivity index (χ0v) is 13.1. The van der Waals surface area contributed by atoms with Crippen LogP contribution in [0.15, 0.2) is 36.7 Å². The van der Waals surface area contributed by atoms with Crippen molar-refractivity contribution in [1.29, 1.82) is 0 Å². The molecular formula is C16H22N4O. The molecule has 5 nitrogen and oxygen atoms in total. The number of para-hydroxylation sites is 1. The van der Waals surface area contributed by atoms with Crippen LogP contribution < -0.4 is 4.74 Å². The summed E-state index contributed by atoms with van der Waals surface area (Å²) in [6, 6.07) is 8.00. The number of benzene rings is 1. The van der Waals surface area contributed by atoms with Crippen molar-refractivity contribution >= 4 is 0 Å². The SMILES string of the molecule is CN(C)Cc1cncc(Oc2ccccc2CN(C)C)n1. The minimum absolute atomic E-state index is 0.528. The lowest BCUT2D eigenvalue weighted by Gasteiger charge is -2.14. The molecule has 21 heavy (non-hydrogen) atoms. The predicted molar refractivity (Wildman–Crippen MR) is 83.3 cm³/mol. The fourth-order valence-corrected chi connectivity index (χ4v) is 2.02. The van der Waals surface area contributed by atoms with E-state index in [0.717, 1.165) is 30.1 Å². The maximum atomic E-state index is 5.91. The summed E-state index contributed by atoms with van der Waals surface area (Å²) >= 11 is 0. The smallest absolute Gasteiger partial charge is 0.238 e. The molecule has 0 aliphatic carbocycles. The van der Waals surface area contributed by atoms with Gasteiger partial charge in [0.15, 0.2) is 0 Å². The van der Waals surface area contributed by atoms with Crippen LogP contribution in [0.25, 0.3) is 0 Å². The van der Waals surface area contributed by atoms with E-state index in [-0.39, 0.29) is 0 Å². The second-order valence-corrected chi connectivity index (χ2v) is 5.53. The van der Waals surface area contributed by atoms with Gasteiger partial charge in [0.05, 0.1) is 11.9 Å². The quantitative estimate of drug-likeness (QED) is 0.815. The highest BCUT2D eigenvalue weighted by atomic mass is 16.5. The Balaban J connectivity index is 2.18. The third-order valence-electron chi connectivity index (χ3n) is 2.81. The van der Waals surface area contributed by atoms with Gasteiger partial charge in [0.1, 0.15) is 5.75 Å². The van der Waals surface area contributed by atoms with Gasteiger partial charge in [0, 0.05) is 24.8 Å². The van der Waals surface area contributed by atoms with Gasteiger partial charge in [-0.1, -0.05) is 18.2 Å². The fraction of sp³-hybridized carbons (Fsp3) is 0.375. The number of nitrogens with zero attached hydrogens (tertiary/aromatic N) is 4. The molecular weight excluding hydrogens is 264 g/mol. The maximum Gasteiger partial charge on any atom is 0.238 e. The van der Waals surface area contributed by atoms with Crippen LogP contribution in [0.3, 0.4) is 0 Å². The molecule has 0 aliphatic rings. The lowest BCUT2D eigenvalue weighted by Crippen LogP contribution is -2.13. The van der Waals surface area contributed by atoms with Crippen molar-refractivity contribution in [2.24, 2.45) is 0 Å². The van der Waals surface area contributed by atoms with E-state index in [1.165, 1.54) is 0 Å². The van der Waals surface area contributed by atoms with E-state index in [1.807, 2.05) is 51.3 Å². The molecule has 0 N–H and O–H groups in total. The largest absolute Gasteiger partial charge is 0.437 e. The van der Waals surface area contributed by atoms with Gasteiger partial charge < -0.3 is 14.5 Å². The highest BCUT2D eigenvalue weighted by molar-refractivity contribution is 5.35. The third kappa shape index (κ3) is 4.81. The molecule has 1 aromatic heterocycles. The van der Waals surface area contributed by atoms with Gasteiger partial charge in [-0.3, -0.25) is 4.98 Å². The molecule has 0 saturated carbocycles. The van der Waals surface area contributed by atoms with Crippen molar-refractivity contribution in [3.8, 4) is 11.6 Å². The fourth-order valence-electron chi connectivity index (χ4n) is 2.02. The highest BCUT2D eigenvalue weighted by Crippen LogP contribution is 2.24. The molecule has 0 unspecified atom stereocenters. The average molecular weight is 286 g/mol. The Kier molecular flexibility index (Phi) is 5.25. The normalized spacial score (nSPS) is 11.1. The summed E-state index contributed by atoms with van der Waals surface area (Å²) in [7, 11) is 8.08. The molecule has 0 saturated heterocycles. The van der Waals surface area contributed by atoms with Crippen molar-refractivity contribution in [1.82, 2.24) is 19.8 Å². The average Bonchev–Trinajstić information content (AvgIpc) is 2.40. The van der Waals surface area contributed by atoms with Gasteiger partial charge in [-0.05, 0) is 34.3 Å². The molecule has 0 aliphatic heterocycles. The second kappa shape index (κ2) is 7.15. The summed E-state index contributed by atoms with van der Waals surface area (Å²) in [4.78, 5) is 12.8. The first-order valence-electron chi connectivity index (χ1n) is 6.90. The van der Waals surface area contributed by atoms with E-state index in [4.69, 9.17) is 4.74 Å². The second-order valence-electron chi connectivity index (χ2n) is 5.53. The Hall–Kier alpha value is -1.98. The van der Waals surface area contributed by atoms with E-state index >= 15 is 0 Å². The van der Waals surface area contributed by atoms with E-state index in [9.17, 15) is 0 Å². The first-order valence-corrected chi connectivity index (χ1v) is 6.90. The van der Waals surface area contributed by atoms with Crippen LogP contribution in [0.4, 0.5) is 0 Å². The van der Waals surface area contributed by atoms with Crippen LogP contribution in [0.5, 0.6) is 11.6 Å². The molecule has 112 valence electrons. The molecule has 2 rings (SSSR count). The van der Waals surface area contributed by atoms with Gasteiger partial charge in [-0.25, -0.2) is 4.98 Å². The topological polar surface area (TPSA) is 41.5 Å². The van der Waals surface area contributed by atoms with Crippen molar-refractivity contribution in [2.45, 2.75) is 13.1 Å². The van der Waals surface area contributed by atoms with Crippen LogP contribution >= 0.6 is 0 Å². The molecule has 0 spiro atoms. The minimum Gasteiger partial charge on any atom is -0.437 e. The van der Waals surface area contributed by atoms with Crippen LogP contribution in [0, 0.1) is 0 Å². The van der Waals surface area contributed by atoms with Crippen molar-refractivity contribution in [3.63, 3.8) is 0 Å². The molecule has 0 radical (unpaired) electrons. The monoisotopic (exact) mass is 286 g/mol. The summed E-state index contributed by atoms with van der Waals surface area (Å²) in [6.07, 6.45) is 3.41. The molecule has 0 bridgehead atoms. The highest BCUT2D eigenvalue weighted by Gasteiger charge is 2.07. The zero-order chi connectivity index (χ0) is 15.2. The van der Waals surface area contributed by atoms with Gasteiger partial charge in [0.2, 0.25) is 5.88 Å². The van der Waals surface area contributed by atoms with Gasteiger partial charge >= 0.3 is 0 Å². The van der Waals surface area contributed by atoms with E-state index in [1.54, 1.807) is 12.4 Å². The first-order chi connectivity index (χ1) is 10.0. The molecule has 1 aromatic carbocycles. The Morgan fingerprint density at radius 2 is 1.67 bits per heavy atom. The van der Waals surface area contributed by atoms with Gasteiger partial charge in [-0.15, -0.1) is 0 Å². The Labute approximate surface area is 126 Å². The van der Waals surface area contributed by atoms with E-state index < -0.39 is 0 Å². The van der Waals surface area contributed by atoms with Gasteiger partial charge in [0.25, 0.3) is 0 Å². The zero-order valence-electron chi connectivity index (χ0n) is 13.1. The molecule has 5 heteroatoms. The number of hydrogen-bond acceptors (Lipinski definition) is 5. The van der Waals surface area contributed by atoms with E-state index in [0.29, 0.717) is 5.88 Å². The lowest BCUT2D eigenvalue weighted by molar-refractivity contribution is 0.378. The van der Waals surface area contributed by atoms with Crippen LogP contribution in [0.1, 0.15) is 11.3 Å². The van der Waals surface area contributed by atoms with Crippen LogP contribution in [-0.4, -0.2) is 48.0 Å². The van der Waals surface area contributed by atoms with Crippen LogP contribution in [0.2, 0.25) is 0 Å². The minimum atomic E-state index is 0.528. The van der Waals surface area contributed by atoms with Crippen molar-refractivity contribution in [3.05, 3.63) is 47.9 Å². The summed E-state index contributed by atoms with van der Waals surface area (Å²) in [5.74, 6) is 1.35. The molecule has 2 aromatic rings. The molecule has 0 fully saturated rings. The number of aromatic nitrogens is 2. The third-order valence-corrected chi connectivity index (χ3v) is 2.81. The number of hydrogen-bond donors (Lipinski definition) is 0. The van der Waals surface area contributed by atoms with E-state index in [2.05, 4.69) is 20.9 Å². The summed E-state index contributed by atoms with van der Waals surface area (Å²) in [5.41, 5.74) is 2.02. The Bertz CT molecular complexity index is 584. The molecule has 0 atom stereocenters. The molecule has 0 amide bonds. The van der Waals surface area contributed by atoms with Crippen molar-refractivity contribution < 1.29 is 4.74 Å². The van der Waals surface area contributed by atoms with Crippen molar-refractivity contribution in [2.75, 3.05) is 28.2 Å². The van der Waals surface area contributed by atoms with Crippen LogP contribution in [-0.2, 0) is 13.1 Å². The standard InChI is InChI=1S/C16H22N4O/c1-19(2)11-13-7-5-6-8-15(13)21-16-10-17-9-14(18-16)12-20(3)4/h5-10H,11-12H2,1-4H3. The Morgan fingerprint density at radius 1 is 0.952 bits per heavy atom. The lowest BCUT2D eigenvalue weighted by atomic mass is 10.2. The Morgan fingerprint density at radius 3 is 2.38 bits per heavy atom. The summed E-state index contributed by atoms with van der Waals surface area (Å²) < 4.78 is 5.91. The van der Waals surface area contributed by atoms with Gasteiger partial charge in [-0.2, -0.15) is 0 Å². The summed E-state index contributed by atoms with van der Waals surface area (Å²) in [5, 5.41) is 0. The maximum absolute atomic E-state index is 5.91.